The topological polar surface area (TPSA) is 63.8 Å². The van der Waals surface area contributed by atoms with Crippen molar-refractivity contribution >= 4 is 11.6 Å². The number of hydrogen-bond acceptors (Lipinski definition) is 4. The van der Waals surface area contributed by atoms with Crippen LogP contribution in [0.4, 0.5) is 11.6 Å². The molecule has 2 aromatic rings. The van der Waals surface area contributed by atoms with Crippen LogP contribution in [0, 0.1) is 0 Å². The molecule has 0 unspecified atom stereocenters. The van der Waals surface area contributed by atoms with Gasteiger partial charge < -0.3 is 11.1 Å². The lowest BCUT2D eigenvalue weighted by molar-refractivity contribution is 0.764. The van der Waals surface area contributed by atoms with Gasteiger partial charge in [0.25, 0.3) is 0 Å². The first-order valence-corrected chi connectivity index (χ1v) is 5.74. The van der Waals surface area contributed by atoms with Crippen LogP contribution >= 0.6 is 0 Å². The minimum Gasteiger partial charge on any atom is -0.382 e. The van der Waals surface area contributed by atoms with Crippen molar-refractivity contribution in [3.05, 3.63) is 47.5 Å². The third-order valence-electron chi connectivity index (χ3n) is 3.09. The SMILES string of the molecule is Nc1ccc(NC2Cc3ccccc3C2)nn1. The zero-order valence-electron chi connectivity index (χ0n) is 9.43. The molecule has 0 fully saturated rings. The maximum atomic E-state index is 5.50. The third kappa shape index (κ3) is 2.06. The molecule has 0 atom stereocenters. The van der Waals surface area contributed by atoms with E-state index < -0.39 is 0 Å². The highest BCUT2D eigenvalue weighted by Gasteiger charge is 2.20. The van der Waals surface area contributed by atoms with Crippen LogP contribution < -0.4 is 11.1 Å². The lowest BCUT2D eigenvalue weighted by atomic mass is 10.1. The average molecular weight is 226 g/mol. The van der Waals surface area contributed by atoms with E-state index in [1.54, 1.807) is 6.07 Å². The van der Waals surface area contributed by atoms with E-state index in [-0.39, 0.29) is 0 Å². The van der Waals surface area contributed by atoms with Gasteiger partial charge in [-0.05, 0) is 36.1 Å². The highest BCUT2D eigenvalue weighted by Crippen LogP contribution is 2.23. The van der Waals surface area contributed by atoms with Crippen LogP contribution in [0.15, 0.2) is 36.4 Å². The molecule has 0 radical (unpaired) electrons. The van der Waals surface area contributed by atoms with Gasteiger partial charge in [0.05, 0.1) is 0 Å². The Bertz CT molecular complexity index is 496. The molecule has 0 bridgehead atoms. The maximum Gasteiger partial charge on any atom is 0.149 e. The third-order valence-corrected chi connectivity index (χ3v) is 3.09. The Labute approximate surface area is 99.9 Å². The number of fused-ring (bicyclic) bond motifs is 1. The Morgan fingerprint density at radius 3 is 2.29 bits per heavy atom. The molecular formula is C13H14N4. The largest absolute Gasteiger partial charge is 0.382 e. The molecule has 0 spiro atoms. The average Bonchev–Trinajstić information content (AvgIpc) is 2.74. The molecule has 0 saturated carbocycles. The van der Waals surface area contributed by atoms with Crippen molar-refractivity contribution in [2.75, 3.05) is 11.1 Å². The highest BCUT2D eigenvalue weighted by atomic mass is 15.2. The molecule has 3 rings (SSSR count). The fraction of sp³-hybridized carbons (Fsp3) is 0.231. The fourth-order valence-corrected chi connectivity index (χ4v) is 2.29. The smallest absolute Gasteiger partial charge is 0.149 e. The van der Waals surface area contributed by atoms with Crippen molar-refractivity contribution in [2.45, 2.75) is 18.9 Å². The molecule has 0 aliphatic heterocycles. The van der Waals surface area contributed by atoms with Gasteiger partial charge in [-0.25, -0.2) is 0 Å². The van der Waals surface area contributed by atoms with Crippen LogP contribution in [0.5, 0.6) is 0 Å². The Balaban J connectivity index is 1.71. The van der Waals surface area contributed by atoms with Crippen LogP contribution in [-0.2, 0) is 12.8 Å². The number of hydrogen-bond donors (Lipinski definition) is 2. The van der Waals surface area contributed by atoms with Gasteiger partial charge in [0.15, 0.2) is 0 Å². The zero-order chi connectivity index (χ0) is 11.7. The van der Waals surface area contributed by atoms with E-state index in [2.05, 4.69) is 39.8 Å². The normalized spacial score (nSPS) is 14.6. The summed E-state index contributed by atoms with van der Waals surface area (Å²) in [4.78, 5) is 0. The second-order valence-electron chi connectivity index (χ2n) is 4.36. The van der Waals surface area contributed by atoms with Gasteiger partial charge in [-0.3, -0.25) is 0 Å². The van der Waals surface area contributed by atoms with Crippen molar-refractivity contribution in [1.29, 1.82) is 0 Å². The first kappa shape index (κ1) is 10.1. The Kier molecular flexibility index (Phi) is 2.40. The monoisotopic (exact) mass is 226 g/mol. The van der Waals surface area contributed by atoms with Gasteiger partial charge in [0.2, 0.25) is 0 Å². The molecule has 1 aliphatic rings. The van der Waals surface area contributed by atoms with Gasteiger partial charge >= 0.3 is 0 Å². The predicted octanol–water partition coefficient (Wildman–Crippen LogP) is 1.64. The van der Waals surface area contributed by atoms with Gasteiger partial charge in [-0.1, -0.05) is 24.3 Å². The summed E-state index contributed by atoms with van der Waals surface area (Å²) in [5, 5.41) is 11.2. The number of nitrogens with one attached hydrogen (secondary N) is 1. The first-order chi connectivity index (χ1) is 8.31. The summed E-state index contributed by atoms with van der Waals surface area (Å²) >= 11 is 0. The van der Waals surface area contributed by atoms with Crippen LogP contribution in [0.1, 0.15) is 11.1 Å². The molecule has 86 valence electrons. The van der Waals surface area contributed by atoms with E-state index in [9.17, 15) is 0 Å². The van der Waals surface area contributed by atoms with Crippen molar-refractivity contribution in [2.24, 2.45) is 0 Å². The molecule has 3 N–H and O–H groups in total. The van der Waals surface area contributed by atoms with Crippen LogP contribution in [0.25, 0.3) is 0 Å². The molecule has 0 saturated heterocycles. The van der Waals surface area contributed by atoms with E-state index in [1.807, 2.05) is 6.07 Å². The van der Waals surface area contributed by atoms with Gasteiger partial charge in [-0.15, -0.1) is 10.2 Å². The van der Waals surface area contributed by atoms with E-state index in [4.69, 9.17) is 5.73 Å². The molecule has 4 heteroatoms. The number of nitrogens with zero attached hydrogens (tertiary/aromatic N) is 2. The molecule has 17 heavy (non-hydrogen) atoms. The summed E-state index contributed by atoms with van der Waals surface area (Å²) < 4.78 is 0. The minimum atomic E-state index is 0.408. The van der Waals surface area contributed by atoms with Crippen LogP contribution in [0.2, 0.25) is 0 Å². The van der Waals surface area contributed by atoms with Gasteiger partial charge in [0.1, 0.15) is 11.6 Å². The number of aromatic nitrogens is 2. The van der Waals surface area contributed by atoms with E-state index >= 15 is 0 Å². The highest BCUT2D eigenvalue weighted by molar-refractivity contribution is 5.42. The molecule has 1 aromatic carbocycles. The zero-order valence-corrected chi connectivity index (χ0v) is 9.43. The molecule has 0 amide bonds. The number of rotatable bonds is 2. The minimum absolute atomic E-state index is 0.408. The van der Waals surface area contributed by atoms with Crippen molar-refractivity contribution in [1.82, 2.24) is 10.2 Å². The lowest BCUT2D eigenvalue weighted by Crippen LogP contribution is -2.20. The van der Waals surface area contributed by atoms with Gasteiger partial charge in [-0.2, -0.15) is 0 Å². The first-order valence-electron chi connectivity index (χ1n) is 5.74. The predicted molar refractivity (Wildman–Crippen MR) is 67.7 cm³/mol. The number of anilines is 2. The maximum absolute atomic E-state index is 5.50. The van der Waals surface area contributed by atoms with Crippen LogP contribution in [0.3, 0.4) is 0 Å². The second kappa shape index (κ2) is 4.05. The fourth-order valence-electron chi connectivity index (χ4n) is 2.29. The number of nitrogens with two attached hydrogens (primary N) is 1. The summed E-state index contributed by atoms with van der Waals surface area (Å²) in [5.74, 6) is 1.24. The van der Waals surface area contributed by atoms with Crippen LogP contribution in [-0.4, -0.2) is 16.2 Å². The standard InChI is InChI=1S/C13H14N4/c14-12-5-6-13(17-16-12)15-11-7-9-3-1-2-4-10(9)8-11/h1-6,11H,7-8H2,(H2,14,16)(H,15,17). The Morgan fingerprint density at radius 2 is 1.71 bits per heavy atom. The molecular weight excluding hydrogens is 212 g/mol. The van der Waals surface area contributed by atoms with Crippen molar-refractivity contribution in [3.8, 4) is 0 Å². The molecule has 1 aliphatic carbocycles. The van der Waals surface area contributed by atoms with Gasteiger partial charge in [0, 0.05) is 6.04 Å². The van der Waals surface area contributed by atoms with Crippen molar-refractivity contribution < 1.29 is 0 Å². The summed E-state index contributed by atoms with van der Waals surface area (Å²) in [6.07, 6.45) is 2.09. The Hall–Kier alpha value is -2.10. The number of benzene rings is 1. The summed E-state index contributed by atoms with van der Waals surface area (Å²) in [5.41, 5.74) is 8.35. The summed E-state index contributed by atoms with van der Waals surface area (Å²) in [7, 11) is 0. The van der Waals surface area contributed by atoms with E-state index in [1.165, 1.54) is 11.1 Å². The molecule has 1 aromatic heterocycles. The molecule has 1 heterocycles. The van der Waals surface area contributed by atoms with Crippen molar-refractivity contribution in [3.63, 3.8) is 0 Å². The molecule has 4 nitrogen and oxygen atoms in total. The number of nitrogen functional groups attached to an aromatic ring is 1. The Morgan fingerprint density at radius 1 is 1.00 bits per heavy atom. The van der Waals surface area contributed by atoms with E-state index in [0.29, 0.717) is 11.9 Å². The second-order valence-corrected chi connectivity index (χ2v) is 4.36. The van der Waals surface area contributed by atoms with E-state index in [0.717, 1.165) is 18.7 Å². The lowest BCUT2D eigenvalue weighted by Gasteiger charge is -2.11. The summed E-state index contributed by atoms with van der Waals surface area (Å²) in [6, 6.07) is 12.6. The quantitative estimate of drug-likeness (QED) is 0.817. The summed E-state index contributed by atoms with van der Waals surface area (Å²) in [6.45, 7) is 0.